The van der Waals surface area contributed by atoms with Gasteiger partial charge >= 0.3 is 5.97 Å². The highest BCUT2D eigenvalue weighted by atomic mass is 16.5. The minimum Gasteiger partial charge on any atom is -0.485 e. The molecule has 2 aliphatic heterocycles. The zero-order chi connectivity index (χ0) is 11.1. The largest absolute Gasteiger partial charge is 0.485 e. The summed E-state index contributed by atoms with van der Waals surface area (Å²) in [7, 11) is 0. The van der Waals surface area contributed by atoms with Gasteiger partial charge in [0, 0.05) is 10.4 Å². The average molecular weight is 216 g/mol. The van der Waals surface area contributed by atoms with Crippen molar-refractivity contribution in [1.29, 1.82) is 0 Å². The van der Waals surface area contributed by atoms with E-state index in [2.05, 4.69) is 0 Å². The second-order valence-corrected chi connectivity index (χ2v) is 3.71. The molecule has 0 radical (unpaired) electrons. The molecule has 16 heavy (non-hydrogen) atoms. The summed E-state index contributed by atoms with van der Waals surface area (Å²) in [5.74, 6) is 0.783. The zero-order valence-corrected chi connectivity index (χ0v) is 8.36. The van der Waals surface area contributed by atoms with Gasteiger partial charge in [0.25, 0.3) is 0 Å². The van der Waals surface area contributed by atoms with E-state index in [4.69, 9.17) is 9.47 Å². The molecule has 0 unspecified atom stereocenters. The third kappa shape index (κ3) is 1.39. The summed E-state index contributed by atoms with van der Waals surface area (Å²) in [6.07, 6.45) is 3.57. The van der Waals surface area contributed by atoms with Gasteiger partial charge in [-0.2, -0.15) is 0 Å². The van der Waals surface area contributed by atoms with E-state index in [0.717, 1.165) is 5.22 Å². The predicted octanol–water partition coefficient (Wildman–Crippen LogP) is -0.482. The van der Waals surface area contributed by atoms with Crippen LogP contribution >= 0.6 is 0 Å². The fourth-order valence-corrected chi connectivity index (χ4v) is 1.80. The van der Waals surface area contributed by atoms with Crippen molar-refractivity contribution in [2.75, 3.05) is 6.61 Å². The maximum absolute atomic E-state index is 11.2. The Morgan fingerprint density at radius 3 is 2.75 bits per heavy atom. The molecule has 0 aromatic heterocycles. The van der Waals surface area contributed by atoms with Gasteiger partial charge in [0.1, 0.15) is 11.5 Å². The van der Waals surface area contributed by atoms with Gasteiger partial charge in [-0.1, -0.05) is 6.08 Å². The Morgan fingerprint density at radius 1 is 1.06 bits per heavy atom. The lowest BCUT2D eigenvalue weighted by atomic mass is 10.1. The smallest absolute Gasteiger partial charge is 0.315 e. The third-order valence-electron chi connectivity index (χ3n) is 2.54. The van der Waals surface area contributed by atoms with Crippen LogP contribution in [0.4, 0.5) is 0 Å². The number of rotatable bonds is 0. The lowest BCUT2D eigenvalue weighted by molar-refractivity contribution is -0.133. The van der Waals surface area contributed by atoms with Crippen molar-refractivity contribution >= 4 is 23.9 Å². The first-order valence-corrected chi connectivity index (χ1v) is 4.95. The molecule has 4 nitrogen and oxygen atoms in total. The first kappa shape index (κ1) is 9.15. The molecule has 2 heterocycles. The number of fused-ring (bicyclic) bond motifs is 2. The van der Waals surface area contributed by atoms with Crippen LogP contribution in [0, 0.1) is 0 Å². The van der Waals surface area contributed by atoms with E-state index in [0.29, 0.717) is 16.7 Å². The highest BCUT2D eigenvalue weighted by molar-refractivity contribution is 6.08. The molecule has 0 saturated heterocycles. The van der Waals surface area contributed by atoms with Crippen LogP contribution in [0.1, 0.15) is 6.42 Å². The fourth-order valence-electron chi connectivity index (χ4n) is 1.80. The van der Waals surface area contributed by atoms with Gasteiger partial charge in [-0.15, -0.1) is 0 Å². The van der Waals surface area contributed by atoms with E-state index in [1.807, 2.05) is 0 Å². The van der Waals surface area contributed by atoms with E-state index < -0.39 is 0 Å². The van der Waals surface area contributed by atoms with Gasteiger partial charge in [0.2, 0.25) is 0 Å². The van der Waals surface area contributed by atoms with Crippen molar-refractivity contribution in [1.82, 2.24) is 0 Å². The molecule has 1 aromatic rings. The van der Waals surface area contributed by atoms with E-state index in [1.165, 1.54) is 6.08 Å². The molecule has 0 atom stereocenters. The van der Waals surface area contributed by atoms with Crippen LogP contribution in [0.2, 0.25) is 0 Å². The molecular formula is C12H8O4. The molecule has 0 amide bonds. The van der Waals surface area contributed by atoms with Gasteiger partial charge in [-0.3, -0.25) is 9.59 Å². The molecule has 0 bridgehead atoms. The molecule has 0 saturated carbocycles. The summed E-state index contributed by atoms with van der Waals surface area (Å²) in [6.45, 7) is 0.0750. The molecule has 0 aliphatic carbocycles. The first-order valence-electron chi connectivity index (χ1n) is 4.95. The third-order valence-corrected chi connectivity index (χ3v) is 2.54. The predicted molar refractivity (Wildman–Crippen MR) is 55.4 cm³/mol. The van der Waals surface area contributed by atoms with Crippen LogP contribution < -0.4 is 19.9 Å². The zero-order valence-electron chi connectivity index (χ0n) is 8.36. The molecule has 80 valence electrons. The number of carbonyl (C=O) groups excluding carboxylic acids is 2. The minimum atomic E-state index is -0.282. The second-order valence-electron chi connectivity index (χ2n) is 3.71. The standard InChI is InChI=1S/C12H8O4/c13-9-3-8-5-11-7(1-2-12(14)16-11)4-10(8)15-6-9/h1,3-5H,2,6H2. The lowest BCUT2D eigenvalue weighted by Gasteiger charge is -2.14. The summed E-state index contributed by atoms with van der Waals surface area (Å²) < 4.78 is 10.4. The van der Waals surface area contributed by atoms with Crippen LogP contribution in [0.5, 0.6) is 11.5 Å². The summed E-state index contributed by atoms with van der Waals surface area (Å²) in [5, 5.41) is 1.50. The average Bonchev–Trinajstić information content (AvgIpc) is 2.26. The number of carbonyl (C=O) groups is 2. The van der Waals surface area contributed by atoms with Crippen molar-refractivity contribution in [3.8, 4) is 11.5 Å². The molecule has 0 N–H and O–H groups in total. The first-order chi connectivity index (χ1) is 7.72. The SMILES string of the molecule is O=C1C=c2cc3c(cc2OC1)=CCC(=O)O3. The summed E-state index contributed by atoms with van der Waals surface area (Å²) in [5.41, 5.74) is 0. The van der Waals surface area contributed by atoms with E-state index in [9.17, 15) is 9.59 Å². The van der Waals surface area contributed by atoms with Gasteiger partial charge in [-0.05, 0) is 18.2 Å². The molecule has 0 fully saturated rings. The monoisotopic (exact) mass is 216 g/mol. The molecule has 3 rings (SSSR count). The highest BCUT2D eigenvalue weighted by Crippen LogP contribution is 2.13. The number of Topliss-reactive ketones (excluding diaryl/α,β-unsaturated/α-hetero) is 1. The van der Waals surface area contributed by atoms with Gasteiger partial charge in [0.15, 0.2) is 12.4 Å². The normalized spacial score (nSPS) is 17.2. The number of ketones is 1. The van der Waals surface area contributed by atoms with Crippen LogP contribution in [-0.2, 0) is 9.59 Å². The van der Waals surface area contributed by atoms with Crippen LogP contribution in [0.25, 0.3) is 12.2 Å². The Morgan fingerprint density at radius 2 is 1.88 bits per heavy atom. The lowest BCUT2D eigenvalue weighted by Crippen LogP contribution is -2.27. The van der Waals surface area contributed by atoms with Crippen molar-refractivity contribution in [2.45, 2.75) is 6.42 Å². The van der Waals surface area contributed by atoms with Gasteiger partial charge in [-0.25, -0.2) is 0 Å². The van der Waals surface area contributed by atoms with Crippen LogP contribution in [0.15, 0.2) is 12.1 Å². The van der Waals surface area contributed by atoms with Crippen molar-refractivity contribution in [3.63, 3.8) is 0 Å². The molecular weight excluding hydrogens is 208 g/mol. The maximum atomic E-state index is 11.2. The summed E-state index contributed by atoms with van der Waals surface area (Å²) in [4.78, 5) is 22.3. The van der Waals surface area contributed by atoms with Crippen LogP contribution in [0.3, 0.4) is 0 Å². The Bertz CT molecular complexity index is 613. The van der Waals surface area contributed by atoms with Gasteiger partial charge < -0.3 is 9.47 Å². The number of hydrogen-bond donors (Lipinski definition) is 0. The van der Waals surface area contributed by atoms with Crippen molar-refractivity contribution in [3.05, 3.63) is 22.6 Å². The Labute approximate surface area is 90.8 Å². The maximum Gasteiger partial charge on any atom is 0.315 e. The van der Waals surface area contributed by atoms with Gasteiger partial charge in [0.05, 0.1) is 6.42 Å². The number of esters is 1. The van der Waals surface area contributed by atoms with Crippen LogP contribution in [-0.4, -0.2) is 18.4 Å². The van der Waals surface area contributed by atoms with E-state index in [1.54, 1.807) is 18.2 Å². The molecule has 2 aliphatic rings. The number of hydrogen-bond acceptors (Lipinski definition) is 4. The van der Waals surface area contributed by atoms with E-state index in [-0.39, 0.29) is 24.8 Å². The Balaban J connectivity index is 2.26. The van der Waals surface area contributed by atoms with E-state index >= 15 is 0 Å². The highest BCUT2D eigenvalue weighted by Gasteiger charge is 2.15. The number of benzene rings is 1. The molecule has 4 heteroatoms. The summed E-state index contributed by atoms with van der Waals surface area (Å²) >= 11 is 0. The second kappa shape index (κ2) is 3.20. The molecule has 0 spiro atoms. The minimum absolute atomic E-state index is 0.0750. The fraction of sp³-hybridized carbons (Fsp3) is 0.167. The quantitative estimate of drug-likeness (QED) is 0.434. The Kier molecular flexibility index (Phi) is 1.83. The van der Waals surface area contributed by atoms with Crippen molar-refractivity contribution < 1.29 is 19.1 Å². The topological polar surface area (TPSA) is 52.6 Å². The summed E-state index contributed by atoms with van der Waals surface area (Å²) in [6, 6.07) is 3.45. The Hall–Kier alpha value is -2.10. The molecule has 1 aromatic carbocycles. The number of ether oxygens (including phenoxy) is 2. The van der Waals surface area contributed by atoms with Crippen molar-refractivity contribution in [2.24, 2.45) is 0 Å².